The summed E-state index contributed by atoms with van der Waals surface area (Å²) < 4.78 is 23.2. The molecule has 0 rings (SSSR count). The van der Waals surface area contributed by atoms with Crippen molar-refractivity contribution in [3.63, 3.8) is 0 Å². The Kier molecular flexibility index (Phi) is 38.0. The molecule has 3 unspecified atom stereocenters. The van der Waals surface area contributed by atoms with Crippen molar-refractivity contribution >= 4 is 13.7 Å². The number of amides is 1. The number of unbranched alkanes of at least 4 members (excludes halogenated alkanes) is 17. The molecule has 0 fully saturated rings. The molecule has 0 spiro atoms. The van der Waals surface area contributed by atoms with Gasteiger partial charge in [-0.1, -0.05) is 177 Å². The van der Waals surface area contributed by atoms with E-state index in [1.54, 1.807) is 6.08 Å². The number of nitrogens with zero attached hydrogens (tertiary/aromatic N) is 1. The van der Waals surface area contributed by atoms with Gasteiger partial charge >= 0.3 is 0 Å². The lowest BCUT2D eigenvalue weighted by atomic mass is 10.0. The van der Waals surface area contributed by atoms with Crippen molar-refractivity contribution in [3.8, 4) is 0 Å². The molecule has 3 atom stereocenters. The van der Waals surface area contributed by atoms with Gasteiger partial charge in [0.2, 0.25) is 5.91 Å². The maximum atomic E-state index is 12.9. The van der Waals surface area contributed by atoms with E-state index in [9.17, 15) is 19.4 Å². The Balaban J connectivity index is 4.45. The van der Waals surface area contributed by atoms with E-state index in [1.165, 1.54) is 64.2 Å². The third-order valence-corrected chi connectivity index (χ3v) is 10.6. The van der Waals surface area contributed by atoms with Gasteiger partial charge in [-0.05, 0) is 64.2 Å². The summed E-state index contributed by atoms with van der Waals surface area (Å²) in [6.45, 7) is 4.50. The average molecular weight is 819 g/mol. The van der Waals surface area contributed by atoms with Crippen molar-refractivity contribution in [3.05, 3.63) is 72.9 Å². The number of likely N-dealkylation sites (N-methyl/N-ethyl adjacent to an activating group) is 1. The van der Waals surface area contributed by atoms with Gasteiger partial charge in [0.25, 0.3) is 7.82 Å². The van der Waals surface area contributed by atoms with Gasteiger partial charge in [-0.3, -0.25) is 9.36 Å². The number of quaternary nitrogens is 1. The highest BCUT2D eigenvalue weighted by molar-refractivity contribution is 7.45. The lowest BCUT2D eigenvalue weighted by molar-refractivity contribution is -0.870. The Morgan fingerprint density at radius 1 is 0.632 bits per heavy atom. The molecule has 1 amide bonds. The molecule has 2 N–H and O–H groups in total. The number of carbonyl (C=O) groups excluding carboxylic acids is 1. The van der Waals surface area contributed by atoms with Gasteiger partial charge in [0, 0.05) is 6.42 Å². The molecule has 0 aliphatic rings. The molecule has 0 aliphatic carbocycles. The van der Waals surface area contributed by atoms with Gasteiger partial charge in [0.1, 0.15) is 13.2 Å². The molecular weight excluding hydrogens is 732 g/mol. The Morgan fingerprint density at radius 3 is 1.56 bits per heavy atom. The smallest absolute Gasteiger partial charge is 0.268 e. The van der Waals surface area contributed by atoms with Crippen LogP contribution in [0.5, 0.6) is 0 Å². The van der Waals surface area contributed by atoms with Crippen LogP contribution in [0.15, 0.2) is 72.9 Å². The second kappa shape index (κ2) is 39.4. The molecule has 330 valence electrons. The maximum Gasteiger partial charge on any atom is 0.268 e. The molecule has 9 heteroatoms. The van der Waals surface area contributed by atoms with E-state index in [0.717, 1.165) is 89.9 Å². The van der Waals surface area contributed by atoms with Crippen LogP contribution in [-0.2, 0) is 18.4 Å². The Morgan fingerprint density at radius 2 is 1.07 bits per heavy atom. The summed E-state index contributed by atoms with van der Waals surface area (Å²) in [6, 6.07) is -0.900. The van der Waals surface area contributed by atoms with Crippen LogP contribution in [0.25, 0.3) is 0 Å². The van der Waals surface area contributed by atoms with Gasteiger partial charge in [0.15, 0.2) is 0 Å². The zero-order valence-electron chi connectivity index (χ0n) is 37.3. The summed E-state index contributed by atoms with van der Waals surface area (Å²) in [7, 11) is 1.23. The minimum atomic E-state index is -4.60. The van der Waals surface area contributed by atoms with Crippen molar-refractivity contribution in [1.29, 1.82) is 0 Å². The second-order valence-corrected chi connectivity index (χ2v) is 17.8. The first-order chi connectivity index (χ1) is 27.5. The zero-order valence-corrected chi connectivity index (χ0v) is 38.2. The largest absolute Gasteiger partial charge is 0.756 e. The van der Waals surface area contributed by atoms with Crippen LogP contribution in [0.2, 0.25) is 0 Å². The predicted octanol–water partition coefficient (Wildman–Crippen LogP) is 12.2. The molecule has 0 aliphatic heterocycles. The quantitative estimate of drug-likeness (QED) is 0.0276. The Labute approximate surface area is 351 Å². The van der Waals surface area contributed by atoms with Crippen molar-refractivity contribution in [2.24, 2.45) is 0 Å². The highest BCUT2D eigenvalue weighted by Crippen LogP contribution is 2.38. The van der Waals surface area contributed by atoms with Gasteiger partial charge in [-0.15, -0.1) is 0 Å². The number of aliphatic hydroxyl groups excluding tert-OH is 1. The van der Waals surface area contributed by atoms with E-state index in [4.69, 9.17) is 9.05 Å². The number of aliphatic hydroxyl groups is 1. The van der Waals surface area contributed by atoms with Crippen LogP contribution < -0.4 is 10.2 Å². The van der Waals surface area contributed by atoms with E-state index < -0.39 is 26.6 Å². The highest BCUT2D eigenvalue weighted by Gasteiger charge is 2.23. The predicted molar refractivity (Wildman–Crippen MR) is 242 cm³/mol. The van der Waals surface area contributed by atoms with E-state index in [1.807, 2.05) is 27.2 Å². The zero-order chi connectivity index (χ0) is 42.1. The van der Waals surface area contributed by atoms with Gasteiger partial charge in [-0.25, -0.2) is 0 Å². The number of rotatable bonds is 40. The molecule has 0 aromatic heterocycles. The molecule has 0 heterocycles. The number of phosphoric ester groups is 1. The summed E-state index contributed by atoms with van der Waals surface area (Å²) in [5, 5.41) is 13.8. The number of hydrogen-bond acceptors (Lipinski definition) is 6. The van der Waals surface area contributed by atoms with Crippen LogP contribution in [0.3, 0.4) is 0 Å². The fourth-order valence-electron chi connectivity index (χ4n) is 6.06. The first kappa shape index (κ1) is 54.9. The standard InChI is InChI=1S/C48H87N2O6P/c1-6-8-10-12-14-16-18-20-22-23-24-25-26-27-28-30-32-34-36-38-40-42-48(52)49-46(45-56-57(53,54)55-44-43-50(3,4)5)47(51)41-39-37-35-33-31-29-21-19-17-15-13-11-9-7-2/h8,10,14,16,20,22,24-25,27-28,39,41,46-47,51H,6-7,9,11-13,15,17-19,21,23,26,29-38,40,42-45H2,1-5H3,(H-,49,52,53,54)/b10-8-,16-14-,22-20-,25-24-,28-27-,41-39+. The van der Waals surface area contributed by atoms with E-state index in [-0.39, 0.29) is 12.5 Å². The van der Waals surface area contributed by atoms with Crippen LogP contribution >= 0.6 is 7.82 Å². The minimum Gasteiger partial charge on any atom is -0.756 e. The average Bonchev–Trinajstić information content (AvgIpc) is 3.16. The van der Waals surface area contributed by atoms with Crippen molar-refractivity contribution in [2.75, 3.05) is 40.9 Å². The van der Waals surface area contributed by atoms with Gasteiger partial charge in [-0.2, -0.15) is 0 Å². The monoisotopic (exact) mass is 819 g/mol. The summed E-state index contributed by atoms with van der Waals surface area (Å²) >= 11 is 0. The fraction of sp³-hybridized carbons (Fsp3) is 0.729. The van der Waals surface area contributed by atoms with Crippen LogP contribution in [0.1, 0.15) is 174 Å². The molecule has 8 nitrogen and oxygen atoms in total. The second-order valence-electron chi connectivity index (χ2n) is 16.4. The normalized spacial score (nSPS) is 15.0. The van der Waals surface area contributed by atoms with E-state index in [2.05, 4.69) is 79.9 Å². The summed E-state index contributed by atoms with van der Waals surface area (Å²) in [6.07, 6.45) is 52.3. The Bertz CT molecular complexity index is 1160. The van der Waals surface area contributed by atoms with Crippen molar-refractivity contribution in [1.82, 2.24) is 5.32 Å². The SMILES string of the molecule is CC/C=C\C/C=C\C/C=C\C/C=C\C/C=C\CCCCCCCC(=O)NC(COP(=O)([O-])OCC[N+](C)(C)C)C(O)/C=C/CCCCCCCCCCCCCC. The number of nitrogens with one attached hydrogen (secondary N) is 1. The minimum absolute atomic E-state index is 0.00880. The number of allylic oxidation sites excluding steroid dienone is 11. The maximum absolute atomic E-state index is 12.9. The van der Waals surface area contributed by atoms with Gasteiger partial charge < -0.3 is 28.8 Å². The Hall–Kier alpha value is -2.06. The van der Waals surface area contributed by atoms with Gasteiger partial charge in [0.05, 0.1) is 39.9 Å². The first-order valence-electron chi connectivity index (χ1n) is 22.8. The topological polar surface area (TPSA) is 108 Å². The van der Waals surface area contributed by atoms with E-state index in [0.29, 0.717) is 17.4 Å². The first-order valence-corrected chi connectivity index (χ1v) is 24.3. The molecule has 0 saturated heterocycles. The summed E-state index contributed by atoms with van der Waals surface area (Å²) in [5.74, 6) is -0.220. The lowest BCUT2D eigenvalue weighted by Gasteiger charge is -2.29. The highest BCUT2D eigenvalue weighted by atomic mass is 31.2. The van der Waals surface area contributed by atoms with Crippen LogP contribution in [-0.4, -0.2) is 68.5 Å². The summed E-state index contributed by atoms with van der Waals surface area (Å²) in [5.41, 5.74) is 0. The van der Waals surface area contributed by atoms with Crippen molar-refractivity contribution < 1.29 is 32.9 Å². The molecule has 57 heavy (non-hydrogen) atoms. The lowest BCUT2D eigenvalue weighted by Crippen LogP contribution is -2.45. The molecule has 0 saturated carbocycles. The number of hydrogen-bond donors (Lipinski definition) is 2. The van der Waals surface area contributed by atoms with Crippen LogP contribution in [0.4, 0.5) is 0 Å². The fourth-order valence-corrected chi connectivity index (χ4v) is 6.78. The third kappa shape index (κ3) is 41.9. The molecule has 0 aromatic carbocycles. The number of phosphoric acid groups is 1. The van der Waals surface area contributed by atoms with Crippen molar-refractivity contribution in [2.45, 2.75) is 187 Å². The molecular formula is C48H87N2O6P. The van der Waals surface area contributed by atoms with Crippen LogP contribution in [0, 0.1) is 0 Å². The number of carbonyl (C=O) groups is 1. The third-order valence-electron chi connectivity index (χ3n) is 9.67. The summed E-state index contributed by atoms with van der Waals surface area (Å²) in [4.78, 5) is 25.3. The molecule has 0 aromatic rings. The molecule has 0 bridgehead atoms. The molecule has 0 radical (unpaired) electrons. The van der Waals surface area contributed by atoms with E-state index >= 15 is 0 Å².